The molecule has 27 heavy (non-hydrogen) atoms. The fraction of sp³-hybridized carbons (Fsp3) is 0.286. The average molecular weight is 379 g/mol. The van der Waals surface area contributed by atoms with Crippen molar-refractivity contribution in [1.29, 1.82) is 0 Å². The van der Waals surface area contributed by atoms with Crippen LogP contribution in [0.1, 0.15) is 29.5 Å². The third kappa shape index (κ3) is 3.57. The monoisotopic (exact) mass is 379 g/mol. The molecule has 1 aliphatic heterocycles. The van der Waals surface area contributed by atoms with Gasteiger partial charge in [0.15, 0.2) is 5.13 Å². The highest BCUT2D eigenvalue weighted by Crippen LogP contribution is 2.31. The van der Waals surface area contributed by atoms with E-state index in [1.807, 2.05) is 44.2 Å². The number of amides is 2. The summed E-state index contributed by atoms with van der Waals surface area (Å²) in [6.07, 6.45) is 1.50. The number of rotatable bonds is 4. The molecule has 1 unspecified atom stereocenters. The van der Waals surface area contributed by atoms with Gasteiger partial charge in [0.2, 0.25) is 11.8 Å². The zero-order valence-electron chi connectivity index (χ0n) is 15.3. The zero-order valence-corrected chi connectivity index (χ0v) is 16.2. The van der Waals surface area contributed by atoms with Gasteiger partial charge in [-0.05, 0) is 49.4 Å². The van der Waals surface area contributed by atoms with E-state index in [1.165, 1.54) is 11.3 Å². The van der Waals surface area contributed by atoms with E-state index in [-0.39, 0.29) is 17.7 Å². The summed E-state index contributed by atoms with van der Waals surface area (Å²) in [5.74, 6) is -0.283. The predicted octanol–water partition coefficient (Wildman–Crippen LogP) is 4.44. The Bertz CT molecular complexity index is 1000. The normalized spacial score (nSPS) is 16.1. The smallest absolute Gasteiger partial charge is 0.227 e. The van der Waals surface area contributed by atoms with Crippen molar-refractivity contribution in [3.8, 4) is 0 Å². The number of nitrogens with zero attached hydrogens (tertiary/aromatic N) is 1. The third-order valence-electron chi connectivity index (χ3n) is 5.02. The van der Waals surface area contributed by atoms with Gasteiger partial charge < -0.3 is 10.6 Å². The summed E-state index contributed by atoms with van der Waals surface area (Å²) in [6.45, 7) is 4.07. The van der Waals surface area contributed by atoms with Crippen LogP contribution in [0.15, 0.2) is 36.4 Å². The van der Waals surface area contributed by atoms with Crippen molar-refractivity contribution in [2.75, 3.05) is 10.6 Å². The van der Waals surface area contributed by atoms with E-state index in [9.17, 15) is 9.59 Å². The van der Waals surface area contributed by atoms with Crippen LogP contribution in [0.4, 0.5) is 10.8 Å². The van der Waals surface area contributed by atoms with Crippen molar-refractivity contribution in [2.45, 2.75) is 33.1 Å². The SMILES string of the molecule is Cc1ccc(C)c2sc(NC(=O)CCC3Cc4ccccc4NC3=O)nc12. The number of hydrogen-bond donors (Lipinski definition) is 2. The van der Waals surface area contributed by atoms with Gasteiger partial charge in [0.25, 0.3) is 0 Å². The van der Waals surface area contributed by atoms with Gasteiger partial charge in [-0.1, -0.05) is 41.7 Å². The number of nitrogens with one attached hydrogen (secondary N) is 2. The summed E-state index contributed by atoms with van der Waals surface area (Å²) >= 11 is 1.50. The molecule has 0 saturated carbocycles. The summed E-state index contributed by atoms with van der Waals surface area (Å²) in [6, 6.07) is 11.9. The lowest BCUT2D eigenvalue weighted by Gasteiger charge is -2.24. The summed E-state index contributed by atoms with van der Waals surface area (Å²) < 4.78 is 1.11. The highest BCUT2D eigenvalue weighted by Gasteiger charge is 2.26. The van der Waals surface area contributed by atoms with Gasteiger partial charge in [0.1, 0.15) is 0 Å². The van der Waals surface area contributed by atoms with Gasteiger partial charge in [-0.25, -0.2) is 4.98 Å². The van der Waals surface area contributed by atoms with Crippen LogP contribution in [0.3, 0.4) is 0 Å². The maximum absolute atomic E-state index is 12.4. The molecule has 2 aromatic carbocycles. The Balaban J connectivity index is 1.40. The first kappa shape index (κ1) is 17.7. The number of aromatic nitrogens is 1. The molecule has 0 aliphatic carbocycles. The third-order valence-corrected chi connectivity index (χ3v) is 6.13. The Kier molecular flexibility index (Phi) is 4.66. The summed E-state index contributed by atoms with van der Waals surface area (Å²) in [7, 11) is 0. The number of fused-ring (bicyclic) bond motifs is 2. The topological polar surface area (TPSA) is 71.1 Å². The number of anilines is 2. The molecule has 0 spiro atoms. The van der Waals surface area contributed by atoms with E-state index in [4.69, 9.17) is 0 Å². The molecule has 1 aromatic heterocycles. The molecular formula is C21H21N3O2S. The van der Waals surface area contributed by atoms with Crippen molar-refractivity contribution in [2.24, 2.45) is 5.92 Å². The van der Waals surface area contributed by atoms with E-state index in [2.05, 4.69) is 21.7 Å². The highest BCUT2D eigenvalue weighted by atomic mass is 32.1. The molecule has 0 radical (unpaired) electrons. The minimum Gasteiger partial charge on any atom is -0.326 e. The van der Waals surface area contributed by atoms with Crippen LogP contribution < -0.4 is 10.6 Å². The van der Waals surface area contributed by atoms with Gasteiger partial charge in [-0.3, -0.25) is 9.59 Å². The lowest BCUT2D eigenvalue weighted by molar-refractivity contribution is -0.121. The van der Waals surface area contributed by atoms with Gasteiger partial charge >= 0.3 is 0 Å². The Hall–Kier alpha value is -2.73. The number of aryl methyl sites for hydroxylation is 2. The molecule has 5 nitrogen and oxygen atoms in total. The Morgan fingerprint density at radius 1 is 1.22 bits per heavy atom. The lowest BCUT2D eigenvalue weighted by Crippen LogP contribution is -2.30. The average Bonchev–Trinajstić information content (AvgIpc) is 3.08. The maximum atomic E-state index is 12.4. The summed E-state index contributed by atoms with van der Waals surface area (Å²) in [4.78, 5) is 29.2. The van der Waals surface area contributed by atoms with Crippen molar-refractivity contribution in [3.05, 3.63) is 53.1 Å². The molecule has 0 saturated heterocycles. The van der Waals surface area contributed by atoms with E-state index in [0.29, 0.717) is 24.4 Å². The molecule has 2 N–H and O–H groups in total. The van der Waals surface area contributed by atoms with Gasteiger partial charge in [0, 0.05) is 18.0 Å². The molecule has 138 valence electrons. The molecule has 0 fully saturated rings. The van der Waals surface area contributed by atoms with Crippen LogP contribution in [0.25, 0.3) is 10.2 Å². The summed E-state index contributed by atoms with van der Waals surface area (Å²) in [5, 5.41) is 6.45. The standard InChI is InChI=1S/C21H21N3O2S/c1-12-7-8-13(2)19-18(12)24-21(27-19)23-17(25)10-9-15-11-14-5-3-4-6-16(14)22-20(15)26/h3-8,15H,9-11H2,1-2H3,(H,22,26)(H,23,24,25). The molecule has 2 heterocycles. The number of benzene rings is 2. The van der Waals surface area contributed by atoms with Crippen LogP contribution in [-0.2, 0) is 16.0 Å². The van der Waals surface area contributed by atoms with Crippen molar-refractivity contribution >= 4 is 44.2 Å². The first-order valence-corrected chi connectivity index (χ1v) is 9.88. The molecule has 1 aliphatic rings. The molecule has 4 rings (SSSR count). The fourth-order valence-electron chi connectivity index (χ4n) is 3.45. The molecular weight excluding hydrogens is 358 g/mol. The quantitative estimate of drug-likeness (QED) is 0.704. The van der Waals surface area contributed by atoms with Crippen LogP contribution in [0.5, 0.6) is 0 Å². The van der Waals surface area contributed by atoms with Gasteiger partial charge in [-0.15, -0.1) is 0 Å². The predicted molar refractivity (Wildman–Crippen MR) is 109 cm³/mol. The lowest BCUT2D eigenvalue weighted by atomic mass is 9.89. The minimum atomic E-state index is -0.175. The van der Waals surface area contributed by atoms with E-state index in [0.717, 1.165) is 32.6 Å². The summed E-state index contributed by atoms with van der Waals surface area (Å²) in [5.41, 5.74) is 5.21. The van der Waals surface area contributed by atoms with Crippen molar-refractivity contribution in [1.82, 2.24) is 4.98 Å². The zero-order chi connectivity index (χ0) is 19.0. The minimum absolute atomic E-state index is 0.00673. The highest BCUT2D eigenvalue weighted by molar-refractivity contribution is 7.22. The van der Waals surface area contributed by atoms with Gasteiger partial charge in [0.05, 0.1) is 10.2 Å². The number of hydrogen-bond acceptors (Lipinski definition) is 4. The molecule has 6 heteroatoms. The second-order valence-corrected chi connectivity index (χ2v) is 8.03. The van der Waals surface area contributed by atoms with E-state index < -0.39 is 0 Å². The van der Waals surface area contributed by atoms with Crippen LogP contribution >= 0.6 is 11.3 Å². The number of carbonyl (C=O) groups is 2. The molecule has 3 aromatic rings. The fourth-order valence-corrected chi connectivity index (χ4v) is 4.47. The second-order valence-electron chi connectivity index (χ2n) is 7.03. The van der Waals surface area contributed by atoms with Crippen LogP contribution in [-0.4, -0.2) is 16.8 Å². The Morgan fingerprint density at radius 3 is 2.81 bits per heavy atom. The molecule has 1 atom stereocenters. The Morgan fingerprint density at radius 2 is 2.00 bits per heavy atom. The number of thiazole rings is 1. The van der Waals surface area contributed by atoms with Crippen LogP contribution in [0.2, 0.25) is 0 Å². The molecule has 0 bridgehead atoms. The second kappa shape index (κ2) is 7.12. The first-order chi connectivity index (χ1) is 13.0. The maximum Gasteiger partial charge on any atom is 0.227 e. The van der Waals surface area contributed by atoms with Crippen molar-refractivity contribution in [3.63, 3.8) is 0 Å². The number of carbonyl (C=O) groups excluding carboxylic acids is 2. The van der Waals surface area contributed by atoms with E-state index in [1.54, 1.807) is 0 Å². The van der Waals surface area contributed by atoms with Crippen molar-refractivity contribution < 1.29 is 9.59 Å². The number of para-hydroxylation sites is 1. The van der Waals surface area contributed by atoms with Gasteiger partial charge in [-0.2, -0.15) is 0 Å². The Labute approximate surface area is 161 Å². The largest absolute Gasteiger partial charge is 0.326 e. The first-order valence-electron chi connectivity index (χ1n) is 9.06. The van der Waals surface area contributed by atoms with E-state index >= 15 is 0 Å². The molecule has 2 amide bonds. The van der Waals surface area contributed by atoms with Crippen LogP contribution in [0, 0.1) is 19.8 Å².